The lowest BCUT2D eigenvalue weighted by molar-refractivity contribution is 1.26. The number of nitrogens with zero attached hydrogens (tertiary/aromatic N) is 1. The van der Waals surface area contributed by atoms with Gasteiger partial charge in [0.25, 0.3) is 0 Å². The Morgan fingerprint density at radius 2 is 1.41 bits per heavy atom. The maximum Gasteiger partial charge on any atom is 0.0878 e. The molecule has 0 saturated carbocycles. The van der Waals surface area contributed by atoms with Crippen LogP contribution in [0.4, 0.5) is 0 Å². The second-order valence-electron chi connectivity index (χ2n) is 5.40. The third-order valence-corrected chi connectivity index (χ3v) is 4.02. The van der Waals surface area contributed by atoms with Gasteiger partial charge in [-0.2, -0.15) is 0 Å². The zero-order valence-electron chi connectivity index (χ0n) is 12.2. The summed E-state index contributed by atoms with van der Waals surface area (Å²) in [6, 6.07) is 23.2. The molecule has 0 aliphatic heterocycles. The van der Waals surface area contributed by atoms with Gasteiger partial charge in [0.2, 0.25) is 0 Å². The van der Waals surface area contributed by atoms with Crippen molar-refractivity contribution < 1.29 is 0 Å². The number of rotatable bonds is 0. The summed E-state index contributed by atoms with van der Waals surface area (Å²) >= 11 is 0. The maximum absolute atomic E-state index is 4.11. The predicted molar refractivity (Wildman–Crippen MR) is 90.8 cm³/mol. The van der Waals surface area contributed by atoms with Gasteiger partial charge in [0.1, 0.15) is 0 Å². The van der Waals surface area contributed by atoms with E-state index in [2.05, 4.69) is 58.5 Å². The van der Waals surface area contributed by atoms with Crippen LogP contribution in [0.1, 0.15) is 11.1 Å². The predicted octanol–water partition coefficient (Wildman–Crippen LogP) is 4.82. The Bertz CT molecular complexity index is 848. The second kappa shape index (κ2) is 5.49. The van der Waals surface area contributed by atoms with Crippen molar-refractivity contribution in [3.05, 3.63) is 90.3 Å². The van der Waals surface area contributed by atoms with Gasteiger partial charge in [0.05, 0.1) is 11.0 Å². The monoisotopic (exact) mass is 284 g/mol. The van der Waals surface area contributed by atoms with Crippen molar-refractivity contribution in [3.8, 4) is 11.1 Å². The van der Waals surface area contributed by atoms with Gasteiger partial charge < -0.3 is 4.98 Å². The maximum atomic E-state index is 4.11. The summed E-state index contributed by atoms with van der Waals surface area (Å²) in [5, 5.41) is 0. The van der Waals surface area contributed by atoms with Crippen LogP contribution in [-0.4, -0.2) is 9.97 Å². The Kier molecular flexibility index (Phi) is 3.20. The van der Waals surface area contributed by atoms with Gasteiger partial charge in [-0.3, -0.25) is 4.98 Å². The van der Waals surface area contributed by atoms with E-state index in [1.165, 1.54) is 22.3 Å². The topological polar surface area (TPSA) is 28.7 Å². The van der Waals surface area contributed by atoms with E-state index in [-0.39, 0.29) is 0 Å². The minimum Gasteiger partial charge on any atom is -0.360 e. The lowest BCUT2D eigenvalue weighted by Crippen LogP contribution is -1.77. The summed E-state index contributed by atoms with van der Waals surface area (Å²) in [7, 11) is 0. The molecule has 4 aromatic rings. The smallest absolute Gasteiger partial charge is 0.0878 e. The number of nitrogens with one attached hydrogen (secondary N) is 1. The minimum absolute atomic E-state index is 1.03. The van der Waals surface area contributed by atoms with Crippen molar-refractivity contribution in [2.45, 2.75) is 6.42 Å². The van der Waals surface area contributed by atoms with Crippen LogP contribution in [0.25, 0.3) is 22.2 Å². The van der Waals surface area contributed by atoms with E-state index in [1.54, 1.807) is 6.20 Å². The number of hydrogen-bond donors (Lipinski definition) is 1. The fourth-order valence-electron chi connectivity index (χ4n) is 2.96. The number of pyridine rings is 1. The van der Waals surface area contributed by atoms with E-state index < -0.39 is 0 Å². The summed E-state index contributed by atoms with van der Waals surface area (Å²) in [4.78, 5) is 7.17. The quantitative estimate of drug-likeness (QED) is 0.434. The molecule has 0 bridgehead atoms. The van der Waals surface area contributed by atoms with Crippen molar-refractivity contribution in [2.24, 2.45) is 0 Å². The molecule has 2 nitrogen and oxygen atoms in total. The first-order valence-electron chi connectivity index (χ1n) is 7.46. The molecule has 2 heterocycles. The van der Waals surface area contributed by atoms with Gasteiger partial charge >= 0.3 is 0 Å². The van der Waals surface area contributed by atoms with Crippen molar-refractivity contribution in [1.29, 1.82) is 0 Å². The largest absolute Gasteiger partial charge is 0.360 e. The summed E-state index contributed by atoms with van der Waals surface area (Å²) in [5.41, 5.74) is 7.87. The number of hydrogen-bond acceptors (Lipinski definition) is 1. The summed E-state index contributed by atoms with van der Waals surface area (Å²) in [6.45, 7) is 0. The van der Waals surface area contributed by atoms with Gasteiger partial charge in [0, 0.05) is 12.4 Å². The van der Waals surface area contributed by atoms with Crippen LogP contribution < -0.4 is 0 Å². The molecular formula is C20H16N2. The fourth-order valence-corrected chi connectivity index (χ4v) is 2.96. The van der Waals surface area contributed by atoms with Crippen LogP contribution in [0, 0.1) is 0 Å². The molecule has 0 saturated heterocycles. The number of fused-ring (bicyclic) bond motifs is 4. The van der Waals surface area contributed by atoms with Crippen LogP contribution in [-0.2, 0) is 6.42 Å². The third kappa shape index (κ3) is 2.29. The van der Waals surface area contributed by atoms with Gasteiger partial charge in [0.15, 0.2) is 0 Å². The van der Waals surface area contributed by atoms with Gasteiger partial charge in [-0.25, -0.2) is 0 Å². The lowest BCUT2D eigenvalue weighted by Gasteiger charge is -1.98. The van der Waals surface area contributed by atoms with Gasteiger partial charge in [-0.05, 0) is 46.9 Å². The molecule has 1 N–H and O–H groups in total. The molecule has 1 aliphatic rings. The van der Waals surface area contributed by atoms with E-state index in [9.17, 15) is 0 Å². The molecule has 2 aromatic carbocycles. The van der Waals surface area contributed by atoms with E-state index in [0.29, 0.717) is 0 Å². The Hall–Kier alpha value is -2.87. The normalized spacial score (nSPS) is 11.5. The van der Waals surface area contributed by atoms with Gasteiger partial charge in [-0.15, -0.1) is 0 Å². The number of aromatic amines is 1. The number of benzene rings is 2. The van der Waals surface area contributed by atoms with Crippen LogP contribution in [0.15, 0.2) is 79.1 Å². The molecular weight excluding hydrogens is 268 g/mol. The third-order valence-electron chi connectivity index (χ3n) is 4.02. The molecule has 106 valence electrons. The molecule has 2 heteroatoms. The van der Waals surface area contributed by atoms with E-state index in [0.717, 1.165) is 17.5 Å². The highest BCUT2D eigenvalue weighted by atomic mass is 14.7. The highest BCUT2D eigenvalue weighted by Gasteiger charge is 2.15. The zero-order valence-corrected chi connectivity index (χ0v) is 12.2. The Morgan fingerprint density at radius 1 is 0.727 bits per heavy atom. The van der Waals surface area contributed by atoms with Gasteiger partial charge in [-0.1, -0.05) is 48.5 Å². The van der Waals surface area contributed by atoms with E-state index in [1.807, 2.05) is 24.4 Å². The summed E-state index contributed by atoms with van der Waals surface area (Å²) < 4.78 is 0. The van der Waals surface area contributed by atoms with Crippen LogP contribution in [0.3, 0.4) is 0 Å². The Morgan fingerprint density at radius 3 is 2.09 bits per heavy atom. The molecule has 5 rings (SSSR count). The van der Waals surface area contributed by atoms with Crippen molar-refractivity contribution in [3.63, 3.8) is 0 Å². The van der Waals surface area contributed by atoms with Crippen molar-refractivity contribution in [1.82, 2.24) is 9.97 Å². The SMILES string of the molecule is c1ccc2c(c1)Cc1ccccc1-2.c1cnc2cc[nH]c2c1. The highest BCUT2D eigenvalue weighted by Crippen LogP contribution is 2.35. The van der Waals surface area contributed by atoms with Crippen molar-refractivity contribution >= 4 is 11.0 Å². The number of aromatic nitrogens is 2. The molecule has 22 heavy (non-hydrogen) atoms. The molecule has 0 fully saturated rings. The molecule has 1 aliphatic carbocycles. The summed E-state index contributed by atoms with van der Waals surface area (Å²) in [6.07, 6.45) is 4.78. The highest BCUT2D eigenvalue weighted by molar-refractivity contribution is 5.76. The first-order chi connectivity index (χ1) is 10.9. The average molecular weight is 284 g/mol. The molecule has 0 radical (unpaired) electrons. The van der Waals surface area contributed by atoms with Crippen LogP contribution >= 0.6 is 0 Å². The fraction of sp³-hybridized carbons (Fsp3) is 0.0500. The zero-order chi connectivity index (χ0) is 14.8. The first-order valence-corrected chi connectivity index (χ1v) is 7.46. The Balaban J connectivity index is 0.000000122. The van der Waals surface area contributed by atoms with E-state index in [4.69, 9.17) is 0 Å². The number of H-pyrrole nitrogens is 1. The van der Waals surface area contributed by atoms with Crippen LogP contribution in [0.2, 0.25) is 0 Å². The standard InChI is InChI=1S/C13H10.C7H6N2/c1-3-7-12-10(5-1)9-11-6-2-4-8-13(11)12;1-2-6-7(8-4-1)3-5-9-6/h1-8H,9H2;1-5,9H. The Labute approximate surface area is 129 Å². The lowest BCUT2D eigenvalue weighted by atomic mass is 10.1. The molecule has 0 spiro atoms. The first kappa shape index (κ1) is 12.8. The van der Waals surface area contributed by atoms with Crippen molar-refractivity contribution in [2.75, 3.05) is 0 Å². The minimum atomic E-state index is 1.03. The average Bonchev–Trinajstić information content (AvgIpc) is 3.19. The second-order valence-corrected chi connectivity index (χ2v) is 5.40. The molecule has 0 unspecified atom stereocenters. The van der Waals surface area contributed by atoms with E-state index >= 15 is 0 Å². The molecule has 0 atom stereocenters. The van der Waals surface area contributed by atoms with Crippen LogP contribution in [0.5, 0.6) is 0 Å². The summed E-state index contributed by atoms with van der Waals surface area (Å²) in [5.74, 6) is 0. The molecule has 0 amide bonds. The molecule has 2 aromatic heterocycles.